The first kappa shape index (κ1) is 14.5. The van der Waals surface area contributed by atoms with Gasteiger partial charge in [0.25, 0.3) is 0 Å². The summed E-state index contributed by atoms with van der Waals surface area (Å²) in [4.78, 5) is 13.2. The van der Waals surface area contributed by atoms with Gasteiger partial charge in [-0.05, 0) is 42.3 Å². The lowest BCUT2D eigenvalue weighted by molar-refractivity contribution is 0.0943. The normalized spacial score (nSPS) is 11.6. The van der Waals surface area contributed by atoms with Crippen LogP contribution in [0.1, 0.15) is 28.1 Å². The molecule has 1 aromatic heterocycles. The maximum Gasteiger partial charge on any atom is 0.180 e. The molecule has 0 radical (unpaired) electrons. The highest BCUT2D eigenvalue weighted by Gasteiger charge is 2.17. The SMILES string of the molecule is C=C=CC(CCCc1ccccc1)C(=O)c1cccs1. The third kappa shape index (κ3) is 4.06. The van der Waals surface area contributed by atoms with Crippen molar-refractivity contribution < 1.29 is 4.79 Å². The summed E-state index contributed by atoms with van der Waals surface area (Å²) in [7, 11) is 0. The Labute approximate surface area is 124 Å². The van der Waals surface area contributed by atoms with E-state index in [-0.39, 0.29) is 11.7 Å². The minimum atomic E-state index is -0.102. The Hall–Kier alpha value is -1.89. The van der Waals surface area contributed by atoms with Gasteiger partial charge in [-0.1, -0.05) is 43.0 Å². The first-order valence-electron chi connectivity index (χ1n) is 6.79. The van der Waals surface area contributed by atoms with Gasteiger partial charge in [-0.3, -0.25) is 4.79 Å². The molecule has 2 aromatic rings. The fourth-order valence-electron chi connectivity index (χ4n) is 2.20. The van der Waals surface area contributed by atoms with Crippen molar-refractivity contribution in [2.45, 2.75) is 19.3 Å². The Morgan fingerprint density at radius 2 is 2.05 bits per heavy atom. The Balaban J connectivity index is 1.93. The van der Waals surface area contributed by atoms with Gasteiger partial charge in [-0.15, -0.1) is 17.1 Å². The van der Waals surface area contributed by atoms with E-state index in [1.165, 1.54) is 16.9 Å². The molecule has 1 unspecified atom stereocenters. The van der Waals surface area contributed by atoms with Crippen LogP contribution in [-0.4, -0.2) is 5.78 Å². The van der Waals surface area contributed by atoms with Crippen molar-refractivity contribution in [3.05, 3.63) is 76.7 Å². The average molecular weight is 282 g/mol. The van der Waals surface area contributed by atoms with Crippen molar-refractivity contribution >= 4 is 17.1 Å². The molecule has 0 fully saturated rings. The first-order chi connectivity index (χ1) is 9.81. The van der Waals surface area contributed by atoms with Crippen molar-refractivity contribution in [1.29, 1.82) is 0 Å². The lowest BCUT2D eigenvalue weighted by Gasteiger charge is -2.09. The lowest BCUT2D eigenvalue weighted by Crippen LogP contribution is -2.11. The largest absolute Gasteiger partial charge is 0.293 e. The van der Waals surface area contributed by atoms with Gasteiger partial charge in [-0.2, -0.15) is 0 Å². The number of carbonyl (C=O) groups is 1. The topological polar surface area (TPSA) is 17.1 Å². The van der Waals surface area contributed by atoms with Crippen LogP contribution in [-0.2, 0) is 6.42 Å². The first-order valence-corrected chi connectivity index (χ1v) is 7.67. The van der Waals surface area contributed by atoms with Gasteiger partial charge in [-0.25, -0.2) is 0 Å². The van der Waals surface area contributed by atoms with E-state index in [9.17, 15) is 4.79 Å². The monoisotopic (exact) mass is 282 g/mol. The molecule has 1 aromatic carbocycles. The van der Waals surface area contributed by atoms with Crippen LogP contribution in [0.4, 0.5) is 0 Å². The molecule has 0 aliphatic heterocycles. The Morgan fingerprint density at radius 3 is 2.70 bits per heavy atom. The van der Waals surface area contributed by atoms with E-state index in [0.717, 1.165) is 24.1 Å². The summed E-state index contributed by atoms with van der Waals surface area (Å²) in [6.45, 7) is 3.60. The number of rotatable bonds is 7. The highest BCUT2D eigenvalue weighted by Crippen LogP contribution is 2.20. The lowest BCUT2D eigenvalue weighted by atomic mass is 9.95. The third-order valence-corrected chi connectivity index (χ3v) is 4.13. The summed E-state index contributed by atoms with van der Waals surface area (Å²) in [6, 6.07) is 14.2. The number of aryl methyl sites for hydroxylation is 1. The van der Waals surface area contributed by atoms with Gasteiger partial charge in [0.1, 0.15) is 0 Å². The molecule has 2 heteroatoms. The number of benzene rings is 1. The zero-order valence-electron chi connectivity index (χ0n) is 11.4. The quantitative estimate of drug-likeness (QED) is 0.521. The number of allylic oxidation sites excluding steroid dienone is 1. The fourth-order valence-corrected chi connectivity index (χ4v) is 2.93. The molecule has 0 amide bonds. The Bertz CT molecular complexity index is 577. The van der Waals surface area contributed by atoms with Crippen LogP contribution in [0.15, 0.2) is 66.2 Å². The molecule has 0 saturated heterocycles. The summed E-state index contributed by atoms with van der Waals surface area (Å²) in [6.07, 6.45) is 4.63. The minimum Gasteiger partial charge on any atom is -0.293 e. The van der Waals surface area contributed by atoms with Gasteiger partial charge in [0.2, 0.25) is 0 Å². The highest BCUT2D eigenvalue weighted by molar-refractivity contribution is 7.12. The summed E-state index contributed by atoms with van der Waals surface area (Å²) >= 11 is 1.50. The molecule has 0 aliphatic carbocycles. The van der Waals surface area contributed by atoms with Crippen LogP contribution in [0.3, 0.4) is 0 Å². The Kier molecular flexibility index (Phi) is 5.55. The average Bonchev–Trinajstić information content (AvgIpc) is 3.01. The number of hydrogen-bond donors (Lipinski definition) is 0. The molecular weight excluding hydrogens is 264 g/mol. The predicted molar refractivity (Wildman–Crippen MR) is 85.2 cm³/mol. The summed E-state index contributed by atoms with van der Waals surface area (Å²) in [5.41, 5.74) is 4.09. The second-order valence-electron chi connectivity index (χ2n) is 4.70. The van der Waals surface area contributed by atoms with E-state index in [4.69, 9.17) is 0 Å². The third-order valence-electron chi connectivity index (χ3n) is 3.24. The Morgan fingerprint density at radius 1 is 1.25 bits per heavy atom. The molecule has 0 N–H and O–H groups in total. The van der Waals surface area contributed by atoms with Gasteiger partial charge < -0.3 is 0 Å². The van der Waals surface area contributed by atoms with E-state index >= 15 is 0 Å². The molecule has 1 atom stereocenters. The van der Waals surface area contributed by atoms with Crippen molar-refractivity contribution in [2.24, 2.45) is 5.92 Å². The molecule has 20 heavy (non-hydrogen) atoms. The van der Waals surface area contributed by atoms with E-state index in [1.54, 1.807) is 6.08 Å². The smallest absolute Gasteiger partial charge is 0.180 e. The van der Waals surface area contributed by atoms with Gasteiger partial charge in [0, 0.05) is 5.92 Å². The minimum absolute atomic E-state index is 0.102. The molecule has 2 rings (SSSR count). The zero-order chi connectivity index (χ0) is 14.2. The zero-order valence-corrected chi connectivity index (χ0v) is 12.2. The van der Waals surface area contributed by atoms with Gasteiger partial charge in [0.15, 0.2) is 5.78 Å². The van der Waals surface area contributed by atoms with Crippen LogP contribution in [0.5, 0.6) is 0 Å². The second-order valence-corrected chi connectivity index (χ2v) is 5.64. The number of ketones is 1. The maximum absolute atomic E-state index is 12.3. The molecule has 0 saturated carbocycles. The molecule has 1 nitrogen and oxygen atoms in total. The standard InChI is InChI=1S/C18H18OS/c1-2-8-16(18(19)17-13-7-14-20-17)12-6-11-15-9-4-3-5-10-15/h3-5,7-10,13-14,16H,1,6,11-12H2. The number of Topliss-reactive ketones (excluding diaryl/α,β-unsaturated/α-hetero) is 1. The van der Waals surface area contributed by atoms with Crippen molar-refractivity contribution in [2.75, 3.05) is 0 Å². The molecule has 0 aliphatic rings. The van der Waals surface area contributed by atoms with Crippen LogP contribution in [0.2, 0.25) is 0 Å². The predicted octanol–water partition coefficient (Wildman–Crippen LogP) is 4.91. The van der Waals surface area contributed by atoms with Crippen LogP contribution < -0.4 is 0 Å². The summed E-state index contributed by atoms with van der Waals surface area (Å²) in [5, 5.41) is 1.94. The van der Waals surface area contributed by atoms with E-state index in [2.05, 4.69) is 24.4 Å². The molecule has 0 bridgehead atoms. The molecule has 102 valence electrons. The van der Waals surface area contributed by atoms with Crippen LogP contribution in [0, 0.1) is 5.92 Å². The van der Waals surface area contributed by atoms with Crippen LogP contribution >= 0.6 is 11.3 Å². The number of carbonyl (C=O) groups excluding carboxylic acids is 1. The number of hydrogen-bond acceptors (Lipinski definition) is 2. The van der Waals surface area contributed by atoms with Crippen LogP contribution in [0.25, 0.3) is 0 Å². The number of thiophene rings is 1. The summed E-state index contributed by atoms with van der Waals surface area (Å²) in [5.74, 6) is 0.0825. The fraction of sp³-hybridized carbons (Fsp3) is 0.222. The van der Waals surface area contributed by atoms with Gasteiger partial charge >= 0.3 is 0 Å². The van der Waals surface area contributed by atoms with E-state index < -0.39 is 0 Å². The highest BCUT2D eigenvalue weighted by atomic mass is 32.1. The van der Waals surface area contributed by atoms with Gasteiger partial charge in [0.05, 0.1) is 4.88 Å². The van der Waals surface area contributed by atoms with E-state index in [0.29, 0.717) is 0 Å². The molecule has 1 heterocycles. The van der Waals surface area contributed by atoms with E-state index in [1.807, 2.05) is 35.7 Å². The molecular formula is C18H18OS. The summed E-state index contributed by atoms with van der Waals surface area (Å²) < 4.78 is 0. The molecule has 0 spiro atoms. The van der Waals surface area contributed by atoms with Crippen molar-refractivity contribution in [3.8, 4) is 0 Å². The second kappa shape index (κ2) is 7.64. The maximum atomic E-state index is 12.3. The van der Waals surface area contributed by atoms with Crippen molar-refractivity contribution in [1.82, 2.24) is 0 Å². The van der Waals surface area contributed by atoms with Crippen molar-refractivity contribution in [3.63, 3.8) is 0 Å².